The fourth-order valence-electron chi connectivity index (χ4n) is 4.01. The molecule has 2 bridgehead atoms. The minimum absolute atomic E-state index is 0.597. The van der Waals surface area contributed by atoms with Crippen molar-refractivity contribution in [2.45, 2.75) is 69.5 Å². The second-order valence-corrected chi connectivity index (χ2v) is 6.31. The molecule has 4 nitrogen and oxygen atoms in total. The van der Waals surface area contributed by atoms with Crippen molar-refractivity contribution in [1.29, 1.82) is 0 Å². The smallest absolute Gasteiger partial charge is 0.133 e. The summed E-state index contributed by atoms with van der Waals surface area (Å²) in [6, 6.07) is 2.06. The Labute approximate surface area is 114 Å². The number of rotatable bonds is 2. The number of piperidine rings is 1. The highest BCUT2D eigenvalue weighted by Crippen LogP contribution is 2.30. The predicted octanol–water partition coefficient (Wildman–Crippen LogP) is 2.05. The third-order valence-electron chi connectivity index (χ3n) is 4.94. The average Bonchev–Trinajstić information content (AvgIpc) is 2.78. The highest BCUT2D eigenvalue weighted by molar-refractivity contribution is 5.47. The number of aryl methyl sites for hydroxylation is 1. The SMILES string of the molecule is c1nc2c(c(NC3CC4CCC(C3)N4)n1)CCCC2. The van der Waals surface area contributed by atoms with Gasteiger partial charge in [0.15, 0.2) is 0 Å². The minimum Gasteiger partial charge on any atom is -0.367 e. The quantitative estimate of drug-likeness (QED) is 0.852. The summed E-state index contributed by atoms with van der Waals surface area (Å²) < 4.78 is 0. The van der Waals surface area contributed by atoms with Gasteiger partial charge in [-0.3, -0.25) is 0 Å². The van der Waals surface area contributed by atoms with Crippen LogP contribution in [0.4, 0.5) is 5.82 Å². The zero-order valence-corrected chi connectivity index (χ0v) is 11.4. The van der Waals surface area contributed by atoms with Gasteiger partial charge in [-0.2, -0.15) is 0 Å². The number of aromatic nitrogens is 2. The number of nitrogens with zero attached hydrogens (tertiary/aromatic N) is 2. The van der Waals surface area contributed by atoms with Crippen LogP contribution in [0.1, 0.15) is 49.8 Å². The molecular weight excluding hydrogens is 236 g/mol. The van der Waals surface area contributed by atoms with E-state index >= 15 is 0 Å². The Morgan fingerprint density at radius 3 is 2.68 bits per heavy atom. The molecule has 3 heterocycles. The summed E-state index contributed by atoms with van der Waals surface area (Å²) >= 11 is 0. The molecular formula is C15H22N4. The van der Waals surface area contributed by atoms with Crippen LogP contribution < -0.4 is 10.6 Å². The highest BCUT2D eigenvalue weighted by atomic mass is 15.1. The number of hydrogen-bond acceptors (Lipinski definition) is 4. The van der Waals surface area contributed by atoms with Crippen molar-refractivity contribution in [2.75, 3.05) is 5.32 Å². The molecule has 0 spiro atoms. The first-order chi connectivity index (χ1) is 9.38. The third-order valence-corrected chi connectivity index (χ3v) is 4.94. The molecule has 0 saturated carbocycles. The Morgan fingerprint density at radius 2 is 1.84 bits per heavy atom. The van der Waals surface area contributed by atoms with Crippen LogP contribution in [0.2, 0.25) is 0 Å². The van der Waals surface area contributed by atoms with E-state index in [4.69, 9.17) is 0 Å². The van der Waals surface area contributed by atoms with E-state index in [0.29, 0.717) is 6.04 Å². The van der Waals surface area contributed by atoms with Gasteiger partial charge < -0.3 is 10.6 Å². The Hall–Kier alpha value is -1.16. The van der Waals surface area contributed by atoms with E-state index < -0.39 is 0 Å². The lowest BCUT2D eigenvalue weighted by Crippen LogP contribution is -2.43. The van der Waals surface area contributed by atoms with E-state index in [9.17, 15) is 0 Å². The largest absolute Gasteiger partial charge is 0.367 e. The monoisotopic (exact) mass is 258 g/mol. The summed E-state index contributed by atoms with van der Waals surface area (Å²) in [6.45, 7) is 0. The van der Waals surface area contributed by atoms with Gasteiger partial charge >= 0.3 is 0 Å². The molecule has 2 saturated heterocycles. The minimum atomic E-state index is 0.597. The molecule has 2 N–H and O–H groups in total. The summed E-state index contributed by atoms with van der Waals surface area (Å²) in [5.41, 5.74) is 2.67. The van der Waals surface area contributed by atoms with E-state index in [-0.39, 0.29) is 0 Å². The first-order valence-corrected chi connectivity index (χ1v) is 7.74. The third kappa shape index (κ3) is 2.22. The molecule has 2 unspecified atom stereocenters. The van der Waals surface area contributed by atoms with Gasteiger partial charge in [0.2, 0.25) is 0 Å². The number of anilines is 1. The average molecular weight is 258 g/mol. The topological polar surface area (TPSA) is 49.8 Å². The van der Waals surface area contributed by atoms with Gasteiger partial charge in [-0.05, 0) is 51.4 Å². The maximum absolute atomic E-state index is 4.51. The summed E-state index contributed by atoms with van der Waals surface area (Å²) in [5, 5.41) is 7.41. The van der Waals surface area contributed by atoms with Crippen molar-refractivity contribution in [3.8, 4) is 0 Å². The van der Waals surface area contributed by atoms with Crippen molar-refractivity contribution in [3.05, 3.63) is 17.6 Å². The van der Waals surface area contributed by atoms with Crippen molar-refractivity contribution in [1.82, 2.24) is 15.3 Å². The van der Waals surface area contributed by atoms with Crippen LogP contribution in [0.3, 0.4) is 0 Å². The predicted molar refractivity (Wildman–Crippen MR) is 75.3 cm³/mol. The first kappa shape index (κ1) is 11.6. The second kappa shape index (κ2) is 4.75. The van der Waals surface area contributed by atoms with Crippen molar-refractivity contribution in [3.63, 3.8) is 0 Å². The van der Waals surface area contributed by atoms with Crippen molar-refractivity contribution < 1.29 is 0 Å². The van der Waals surface area contributed by atoms with E-state index in [1.807, 2.05) is 0 Å². The van der Waals surface area contributed by atoms with Crippen LogP contribution in [-0.2, 0) is 12.8 Å². The number of fused-ring (bicyclic) bond motifs is 3. The lowest BCUT2D eigenvalue weighted by atomic mass is 9.95. The second-order valence-electron chi connectivity index (χ2n) is 6.31. The summed E-state index contributed by atoms with van der Waals surface area (Å²) in [6.07, 6.45) is 11.8. The molecule has 0 amide bonds. The molecule has 0 aromatic carbocycles. The van der Waals surface area contributed by atoms with Crippen LogP contribution in [-0.4, -0.2) is 28.1 Å². The van der Waals surface area contributed by atoms with Gasteiger partial charge in [0.05, 0.1) is 0 Å². The normalized spacial score (nSPS) is 32.9. The zero-order chi connectivity index (χ0) is 12.7. The molecule has 2 fully saturated rings. The Morgan fingerprint density at radius 1 is 1.05 bits per heavy atom. The van der Waals surface area contributed by atoms with Crippen molar-refractivity contribution >= 4 is 5.82 Å². The van der Waals surface area contributed by atoms with Gasteiger partial charge in [-0.25, -0.2) is 9.97 Å². The summed E-state index contributed by atoms with van der Waals surface area (Å²) in [4.78, 5) is 8.97. The molecule has 4 rings (SSSR count). The number of nitrogens with one attached hydrogen (secondary N) is 2. The Balaban J connectivity index is 1.53. The van der Waals surface area contributed by atoms with E-state index in [1.165, 1.54) is 49.8 Å². The molecule has 102 valence electrons. The molecule has 2 aliphatic heterocycles. The fourth-order valence-corrected chi connectivity index (χ4v) is 4.01. The van der Waals surface area contributed by atoms with Crippen LogP contribution >= 0.6 is 0 Å². The first-order valence-electron chi connectivity index (χ1n) is 7.74. The fraction of sp³-hybridized carbons (Fsp3) is 0.733. The summed E-state index contributed by atoms with van der Waals surface area (Å²) in [5.74, 6) is 1.12. The highest BCUT2D eigenvalue weighted by Gasteiger charge is 2.33. The van der Waals surface area contributed by atoms with Crippen LogP contribution in [0.25, 0.3) is 0 Å². The van der Waals surface area contributed by atoms with E-state index in [1.54, 1.807) is 6.33 Å². The molecule has 4 heteroatoms. The van der Waals surface area contributed by atoms with Gasteiger partial charge in [0.1, 0.15) is 12.1 Å². The van der Waals surface area contributed by atoms with Gasteiger partial charge in [0, 0.05) is 29.4 Å². The molecule has 1 aromatic rings. The van der Waals surface area contributed by atoms with E-state index in [2.05, 4.69) is 20.6 Å². The molecule has 19 heavy (non-hydrogen) atoms. The lowest BCUT2D eigenvalue weighted by Gasteiger charge is -2.31. The van der Waals surface area contributed by atoms with Gasteiger partial charge in [-0.1, -0.05) is 0 Å². The molecule has 1 aromatic heterocycles. The van der Waals surface area contributed by atoms with Crippen LogP contribution in [0.15, 0.2) is 6.33 Å². The molecule has 0 radical (unpaired) electrons. The molecule has 2 atom stereocenters. The van der Waals surface area contributed by atoms with Gasteiger partial charge in [-0.15, -0.1) is 0 Å². The molecule has 3 aliphatic rings. The van der Waals surface area contributed by atoms with Crippen LogP contribution in [0.5, 0.6) is 0 Å². The maximum Gasteiger partial charge on any atom is 0.133 e. The molecule has 1 aliphatic carbocycles. The lowest BCUT2D eigenvalue weighted by molar-refractivity contribution is 0.377. The van der Waals surface area contributed by atoms with Crippen molar-refractivity contribution in [2.24, 2.45) is 0 Å². The Kier molecular flexibility index (Phi) is 2.91. The zero-order valence-electron chi connectivity index (χ0n) is 11.4. The maximum atomic E-state index is 4.51. The summed E-state index contributed by atoms with van der Waals surface area (Å²) in [7, 11) is 0. The van der Waals surface area contributed by atoms with E-state index in [0.717, 1.165) is 30.7 Å². The Bertz CT molecular complexity index is 461. The van der Waals surface area contributed by atoms with Gasteiger partial charge in [0.25, 0.3) is 0 Å². The standard InChI is InChI=1S/C15H22N4/c1-2-4-14-13(3-1)15(17-9-16-14)19-12-7-10-5-6-11(8-12)18-10/h9-12,18H,1-8H2,(H,16,17,19). The number of hydrogen-bond donors (Lipinski definition) is 2. The van der Waals surface area contributed by atoms with Crippen LogP contribution in [0, 0.1) is 0 Å².